The summed E-state index contributed by atoms with van der Waals surface area (Å²) < 4.78 is 16.0. The van der Waals surface area contributed by atoms with E-state index in [-0.39, 0.29) is 12.2 Å². The maximum Gasteiger partial charge on any atom is 0.231 e. The van der Waals surface area contributed by atoms with Crippen LogP contribution in [-0.2, 0) is 6.42 Å². The van der Waals surface area contributed by atoms with Gasteiger partial charge >= 0.3 is 0 Å². The van der Waals surface area contributed by atoms with E-state index in [1.54, 1.807) is 18.4 Å². The minimum absolute atomic E-state index is 0.0306. The number of unbranched alkanes of at least 4 members (excludes halogenated alkanes) is 1. The maximum absolute atomic E-state index is 12.3. The zero-order chi connectivity index (χ0) is 12.5. The highest BCUT2D eigenvalue weighted by atomic mass is 16.7. The van der Waals surface area contributed by atoms with Crippen LogP contribution in [0.2, 0.25) is 0 Å². The van der Waals surface area contributed by atoms with Crippen LogP contribution in [0.5, 0.6) is 11.5 Å². The molecule has 0 radical (unpaired) electrons. The summed E-state index contributed by atoms with van der Waals surface area (Å²) in [6, 6.07) is 3.42. The minimum atomic E-state index is 0.0306. The molecule has 0 fully saturated rings. The lowest BCUT2D eigenvalue weighted by molar-refractivity contribution is 0.174. The summed E-state index contributed by atoms with van der Waals surface area (Å²) in [5.74, 6) is 1.24. The Morgan fingerprint density at radius 2 is 2.00 bits per heavy atom. The molecule has 4 heteroatoms. The third-order valence-corrected chi connectivity index (χ3v) is 3.14. The summed E-state index contributed by atoms with van der Waals surface area (Å²) in [6.07, 6.45) is 4.35. The molecule has 0 aliphatic carbocycles. The maximum atomic E-state index is 12.3. The molecule has 1 aromatic carbocycles. The van der Waals surface area contributed by atoms with E-state index >= 15 is 0 Å². The first kappa shape index (κ1) is 11.1. The smallest absolute Gasteiger partial charge is 0.231 e. The number of aryl methyl sites for hydroxylation is 1. The first-order chi connectivity index (χ1) is 8.79. The number of hydrogen-bond acceptors (Lipinski definition) is 4. The monoisotopic (exact) mass is 246 g/mol. The van der Waals surface area contributed by atoms with Crippen LogP contribution in [0.1, 0.15) is 25.3 Å². The number of ether oxygens (including phenoxy) is 2. The van der Waals surface area contributed by atoms with Crippen molar-refractivity contribution in [2.45, 2.75) is 26.2 Å². The lowest BCUT2D eigenvalue weighted by Crippen LogP contribution is -2.08. The molecular weight excluding hydrogens is 232 g/mol. The van der Waals surface area contributed by atoms with Gasteiger partial charge in [0.05, 0.1) is 11.6 Å². The second-order valence-electron chi connectivity index (χ2n) is 4.40. The van der Waals surface area contributed by atoms with Crippen molar-refractivity contribution in [3.63, 3.8) is 0 Å². The highest BCUT2D eigenvalue weighted by Crippen LogP contribution is 2.35. The summed E-state index contributed by atoms with van der Waals surface area (Å²) in [5, 5.41) is 0.563. The third-order valence-electron chi connectivity index (χ3n) is 3.14. The fourth-order valence-electron chi connectivity index (χ4n) is 2.10. The van der Waals surface area contributed by atoms with Gasteiger partial charge in [-0.05, 0) is 18.9 Å². The highest BCUT2D eigenvalue weighted by Gasteiger charge is 2.17. The van der Waals surface area contributed by atoms with Gasteiger partial charge < -0.3 is 13.9 Å². The topological polar surface area (TPSA) is 48.7 Å². The Labute approximate surface area is 104 Å². The molecule has 2 aromatic rings. The van der Waals surface area contributed by atoms with Gasteiger partial charge in [0.2, 0.25) is 6.79 Å². The zero-order valence-electron chi connectivity index (χ0n) is 10.2. The van der Waals surface area contributed by atoms with Crippen molar-refractivity contribution in [3.8, 4) is 11.5 Å². The van der Waals surface area contributed by atoms with Crippen molar-refractivity contribution >= 4 is 11.0 Å². The molecule has 94 valence electrons. The number of hydrogen-bond donors (Lipinski definition) is 0. The first-order valence-electron chi connectivity index (χ1n) is 6.13. The predicted octanol–water partition coefficient (Wildman–Crippen LogP) is 2.86. The number of benzene rings is 1. The van der Waals surface area contributed by atoms with Crippen LogP contribution >= 0.6 is 0 Å². The Kier molecular flexibility index (Phi) is 2.70. The lowest BCUT2D eigenvalue weighted by atomic mass is 10.1. The van der Waals surface area contributed by atoms with Gasteiger partial charge in [-0.2, -0.15) is 0 Å². The summed E-state index contributed by atoms with van der Waals surface area (Å²) in [4.78, 5) is 12.3. The van der Waals surface area contributed by atoms with Crippen molar-refractivity contribution in [2.24, 2.45) is 0 Å². The highest BCUT2D eigenvalue weighted by molar-refractivity contribution is 5.81. The van der Waals surface area contributed by atoms with Crippen LogP contribution in [-0.4, -0.2) is 6.79 Å². The van der Waals surface area contributed by atoms with E-state index in [1.807, 2.05) is 0 Å². The SMILES string of the molecule is CCCCc1coc2cc3c(cc2c1=O)OCO3. The molecule has 1 aliphatic heterocycles. The van der Waals surface area contributed by atoms with E-state index in [1.165, 1.54) is 0 Å². The van der Waals surface area contributed by atoms with Crippen LogP contribution in [0, 0.1) is 0 Å². The van der Waals surface area contributed by atoms with Gasteiger partial charge in [0, 0.05) is 11.6 Å². The Hall–Kier alpha value is -1.97. The van der Waals surface area contributed by atoms with E-state index in [9.17, 15) is 4.79 Å². The van der Waals surface area contributed by atoms with E-state index in [4.69, 9.17) is 13.9 Å². The summed E-state index contributed by atoms with van der Waals surface area (Å²) in [5.41, 5.74) is 1.30. The molecule has 4 nitrogen and oxygen atoms in total. The van der Waals surface area contributed by atoms with Crippen molar-refractivity contribution in [1.29, 1.82) is 0 Å². The molecule has 0 atom stereocenters. The van der Waals surface area contributed by atoms with Crippen LogP contribution < -0.4 is 14.9 Å². The normalized spacial score (nSPS) is 13.2. The third kappa shape index (κ3) is 1.74. The van der Waals surface area contributed by atoms with Crippen LogP contribution in [0.15, 0.2) is 27.6 Å². The Morgan fingerprint density at radius 1 is 1.22 bits per heavy atom. The standard InChI is InChI=1S/C14H14O4/c1-2-3-4-9-7-16-11-6-13-12(17-8-18-13)5-10(11)14(9)15/h5-7H,2-4,8H2,1H3. The molecule has 0 bridgehead atoms. The first-order valence-corrected chi connectivity index (χ1v) is 6.13. The van der Waals surface area contributed by atoms with Crippen LogP contribution in [0.25, 0.3) is 11.0 Å². The molecular formula is C14H14O4. The lowest BCUT2D eigenvalue weighted by Gasteiger charge is -2.03. The van der Waals surface area contributed by atoms with Gasteiger partial charge in [-0.25, -0.2) is 0 Å². The Balaban J connectivity index is 2.13. The molecule has 0 spiro atoms. The second kappa shape index (κ2) is 4.37. The number of rotatable bonds is 3. The Bertz CT molecular complexity index is 642. The van der Waals surface area contributed by atoms with Crippen molar-refractivity contribution in [3.05, 3.63) is 34.2 Å². The fourth-order valence-corrected chi connectivity index (χ4v) is 2.10. The largest absolute Gasteiger partial charge is 0.464 e. The molecule has 3 rings (SSSR count). The quantitative estimate of drug-likeness (QED) is 0.835. The summed E-state index contributed by atoms with van der Waals surface area (Å²) in [6.45, 7) is 2.29. The van der Waals surface area contributed by atoms with Crippen molar-refractivity contribution in [1.82, 2.24) is 0 Å². The molecule has 1 aromatic heterocycles. The van der Waals surface area contributed by atoms with E-state index in [0.717, 1.165) is 24.8 Å². The van der Waals surface area contributed by atoms with Crippen molar-refractivity contribution in [2.75, 3.05) is 6.79 Å². The zero-order valence-corrected chi connectivity index (χ0v) is 10.2. The van der Waals surface area contributed by atoms with Gasteiger partial charge in [0.25, 0.3) is 0 Å². The van der Waals surface area contributed by atoms with Gasteiger partial charge in [-0.15, -0.1) is 0 Å². The average molecular weight is 246 g/mol. The summed E-state index contributed by atoms with van der Waals surface area (Å²) in [7, 11) is 0. The second-order valence-corrected chi connectivity index (χ2v) is 4.40. The average Bonchev–Trinajstić information content (AvgIpc) is 2.83. The molecule has 0 unspecified atom stereocenters. The molecule has 0 saturated heterocycles. The van der Waals surface area contributed by atoms with Crippen LogP contribution in [0.4, 0.5) is 0 Å². The van der Waals surface area contributed by atoms with E-state index < -0.39 is 0 Å². The molecule has 2 heterocycles. The van der Waals surface area contributed by atoms with Crippen molar-refractivity contribution < 1.29 is 13.9 Å². The Morgan fingerprint density at radius 3 is 2.78 bits per heavy atom. The molecule has 1 aliphatic rings. The van der Waals surface area contributed by atoms with Gasteiger partial charge in [0.1, 0.15) is 5.58 Å². The molecule has 0 N–H and O–H groups in total. The van der Waals surface area contributed by atoms with Gasteiger partial charge in [-0.3, -0.25) is 4.79 Å². The molecule has 0 saturated carbocycles. The van der Waals surface area contributed by atoms with Gasteiger partial charge in [0.15, 0.2) is 16.9 Å². The number of fused-ring (bicyclic) bond motifs is 2. The van der Waals surface area contributed by atoms with Gasteiger partial charge in [-0.1, -0.05) is 13.3 Å². The van der Waals surface area contributed by atoms with Crippen LogP contribution in [0.3, 0.4) is 0 Å². The fraction of sp³-hybridized carbons (Fsp3) is 0.357. The molecule has 18 heavy (non-hydrogen) atoms. The molecule has 0 amide bonds. The predicted molar refractivity (Wildman–Crippen MR) is 67.2 cm³/mol. The summed E-state index contributed by atoms with van der Waals surface area (Å²) >= 11 is 0. The van der Waals surface area contributed by atoms with E-state index in [0.29, 0.717) is 22.5 Å². The minimum Gasteiger partial charge on any atom is -0.464 e. The van der Waals surface area contributed by atoms with E-state index in [2.05, 4.69) is 6.92 Å².